The number of amides is 1. The summed E-state index contributed by atoms with van der Waals surface area (Å²) in [5.74, 6) is 0.0955. The summed E-state index contributed by atoms with van der Waals surface area (Å²) >= 11 is 4.94. The molecule has 3 N–H and O–H groups in total. The van der Waals surface area contributed by atoms with Crippen molar-refractivity contribution in [1.29, 1.82) is 0 Å². The Kier molecular flexibility index (Phi) is 4.47. The van der Waals surface area contributed by atoms with E-state index in [9.17, 15) is 4.79 Å². The van der Waals surface area contributed by atoms with Crippen LogP contribution in [-0.2, 0) is 4.79 Å². The van der Waals surface area contributed by atoms with Gasteiger partial charge < -0.3 is 11.1 Å². The lowest BCUT2D eigenvalue weighted by molar-refractivity contribution is -0.125. The zero-order valence-corrected chi connectivity index (χ0v) is 10.1. The van der Waals surface area contributed by atoms with Crippen LogP contribution in [0.15, 0.2) is 0 Å². The molecule has 0 aliphatic carbocycles. The minimum atomic E-state index is -0.0935. The van der Waals surface area contributed by atoms with Crippen molar-refractivity contribution in [3.63, 3.8) is 0 Å². The summed E-state index contributed by atoms with van der Waals surface area (Å²) in [5.41, 5.74) is 5.59. The molecule has 0 aromatic heterocycles. The number of nitrogens with zero attached hydrogens (tertiary/aromatic N) is 1. The molecule has 1 saturated heterocycles. The molecule has 1 rings (SSSR count). The SMILES string of the molecule is CC(C(N)=S)N(C)C1CCCCNC1=O. The Balaban J connectivity index is 2.67. The Bertz CT molecular complexity index is 257. The number of rotatable bonds is 3. The van der Waals surface area contributed by atoms with E-state index in [1.807, 2.05) is 18.9 Å². The summed E-state index contributed by atoms with van der Waals surface area (Å²) in [5, 5.41) is 2.90. The Morgan fingerprint density at radius 3 is 2.93 bits per heavy atom. The second-order valence-corrected chi connectivity index (χ2v) is 4.52. The Morgan fingerprint density at radius 1 is 1.67 bits per heavy atom. The maximum atomic E-state index is 11.7. The van der Waals surface area contributed by atoms with Crippen LogP contribution in [0.25, 0.3) is 0 Å². The van der Waals surface area contributed by atoms with Crippen LogP contribution in [0.5, 0.6) is 0 Å². The highest BCUT2D eigenvalue weighted by atomic mass is 32.1. The van der Waals surface area contributed by atoms with E-state index in [1.165, 1.54) is 0 Å². The van der Waals surface area contributed by atoms with E-state index in [0.717, 1.165) is 25.8 Å². The van der Waals surface area contributed by atoms with Crippen LogP contribution < -0.4 is 11.1 Å². The van der Waals surface area contributed by atoms with E-state index in [2.05, 4.69) is 5.32 Å². The molecular weight excluding hydrogens is 210 g/mol. The maximum Gasteiger partial charge on any atom is 0.237 e. The van der Waals surface area contributed by atoms with Gasteiger partial charge >= 0.3 is 0 Å². The molecule has 0 aromatic carbocycles. The zero-order chi connectivity index (χ0) is 11.4. The Labute approximate surface area is 96.2 Å². The van der Waals surface area contributed by atoms with E-state index >= 15 is 0 Å². The molecule has 4 nitrogen and oxygen atoms in total. The summed E-state index contributed by atoms with van der Waals surface area (Å²) in [6.45, 7) is 2.71. The maximum absolute atomic E-state index is 11.7. The predicted octanol–water partition coefficient (Wildman–Crippen LogP) is 0.261. The first-order valence-electron chi connectivity index (χ1n) is 5.33. The third kappa shape index (κ3) is 3.14. The van der Waals surface area contributed by atoms with Crippen LogP contribution in [0, 0.1) is 0 Å². The van der Waals surface area contributed by atoms with Crippen LogP contribution in [0.4, 0.5) is 0 Å². The van der Waals surface area contributed by atoms with Gasteiger partial charge in [-0.25, -0.2) is 0 Å². The lowest BCUT2D eigenvalue weighted by Gasteiger charge is -2.30. The molecule has 1 heterocycles. The second kappa shape index (κ2) is 5.42. The standard InChI is InChI=1S/C10H19N3OS/c1-7(9(11)15)13(2)8-5-3-4-6-12-10(8)14/h7-8H,3-6H2,1-2H3,(H2,11,15)(H,12,14). The predicted molar refractivity (Wildman–Crippen MR) is 64.7 cm³/mol. The molecule has 0 saturated carbocycles. The molecular formula is C10H19N3OS. The van der Waals surface area contributed by atoms with Crippen molar-refractivity contribution in [2.24, 2.45) is 5.73 Å². The summed E-state index contributed by atoms with van der Waals surface area (Å²) in [7, 11) is 1.90. The normalized spacial score (nSPS) is 24.5. The topological polar surface area (TPSA) is 58.4 Å². The van der Waals surface area contributed by atoms with Crippen LogP contribution in [0.1, 0.15) is 26.2 Å². The summed E-state index contributed by atoms with van der Waals surface area (Å²) in [4.78, 5) is 14.1. The Morgan fingerprint density at radius 2 is 2.33 bits per heavy atom. The highest BCUT2D eigenvalue weighted by Gasteiger charge is 2.28. The Hall–Kier alpha value is -0.680. The molecule has 5 heteroatoms. The molecule has 2 atom stereocenters. The van der Waals surface area contributed by atoms with Crippen molar-refractivity contribution in [1.82, 2.24) is 10.2 Å². The van der Waals surface area contributed by atoms with E-state index in [-0.39, 0.29) is 18.0 Å². The van der Waals surface area contributed by atoms with Gasteiger partial charge in [-0.2, -0.15) is 0 Å². The van der Waals surface area contributed by atoms with Gasteiger partial charge in [0, 0.05) is 6.54 Å². The fourth-order valence-electron chi connectivity index (χ4n) is 1.78. The lowest BCUT2D eigenvalue weighted by atomic mass is 10.1. The molecule has 0 aromatic rings. The van der Waals surface area contributed by atoms with Crippen molar-refractivity contribution >= 4 is 23.1 Å². The zero-order valence-electron chi connectivity index (χ0n) is 9.32. The van der Waals surface area contributed by atoms with Gasteiger partial charge in [0.15, 0.2) is 0 Å². The van der Waals surface area contributed by atoms with Gasteiger partial charge in [-0.05, 0) is 33.2 Å². The van der Waals surface area contributed by atoms with Gasteiger partial charge in [0.1, 0.15) is 0 Å². The number of thiocarbonyl (C=S) groups is 1. The fourth-order valence-corrected chi connectivity index (χ4v) is 1.95. The molecule has 1 aliphatic rings. The largest absolute Gasteiger partial charge is 0.392 e. The van der Waals surface area contributed by atoms with Gasteiger partial charge in [0.25, 0.3) is 0 Å². The van der Waals surface area contributed by atoms with E-state index in [4.69, 9.17) is 18.0 Å². The number of carbonyl (C=O) groups excluding carboxylic acids is 1. The molecule has 1 amide bonds. The minimum absolute atomic E-state index is 0.0335. The third-order valence-electron chi connectivity index (χ3n) is 3.02. The van der Waals surface area contributed by atoms with Gasteiger partial charge in [0.05, 0.1) is 17.1 Å². The van der Waals surface area contributed by atoms with Crippen molar-refractivity contribution in [2.45, 2.75) is 38.3 Å². The molecule has 0 radical (unpaired) electrons. The third-order valence-corrected chi connectivity index (χ3v) is 3.36. The van der Waals surface area contributed by atoms with Gasteiger partial charge in [-0.1, -0.05) is 12.2 Å². The number of likely N-dealkylation sites (N-methyl/N-ethyl adjacent to an activating group) is 1. The van der Waals surface area contributed by atoms with Crippen molar-refractivity contribution in [3.8, 4) is 0 Å². The number of nitrogens with two attached hydrogens (primary N) is 1. The highest BCUT2D eigenvalue weighted by molar-refractivity contribution is 7.80. The number of hydrogen-bond acceptors (Lipinski definition) is 3. The average Bonchev–Trinajstić information content (AvgIpc) is 2.40. The first kappa shape index (κ1) is 12.4. The molecule has 1 aliphatic heterocycles. The van der Waals surface area contributed by atoms with Crippen LogP contribution >= 0.6 is 12.2 Å². The van der Waals surface area contributed by atoms with Crippen LogP contribution in [0.3, 0.4) is 0 Å². The van der Waals surface area contributed by atoms with Gasteiger partial charge in [-0.15, -0.1) is 0 Å². The number of nitrogens with one attached hydrogen (secondary N) is 1. The van der Waals surface area contributed by atoms with E-state index < -0.39 is 0 Å². The van der Waals surface area contributed by atoms with Gasteiger partial charge in [-0.3, -0.25) is 9.69 Å². The van der Waals surface area contributed by atoms with Crippen LogP contribution in [-0.4, -0.2) is 41.5 Å². The van der Waals surface area contributed by atoms with Crippen LogP contribution in [0.2, 0.25) is 0 Å². The molecule has 0 bridgehead atoms. The van der Waals surface area contributed by atoms with E-state index in [0.29, 0.717) is 4.99 Å². The average molecular weight is 229 g/mol. The summed E-state index contributed by atoms with van der Waals surface area (Å²) in [6, 6.07) is -0.127. The number of carbonyl (C=O) groups is 1. The molecule has 2 unspecified atom stereocenters. The minimum Gasteiger partial charge on any atom is -0.392 e. The molecule has 15 heavy (non-hydrogen) atoms. The molecule has 1 fully saturated rings. The van der Waals surface area contributed by atoms with Crippen molar-refractivity contribution in [2.75, 3.05) is 13.6 Å². The first-order valence-corrected chi connectivity index (χ1v) is 5.74. The van der Waals surface area contributed by atoms with Gasteiger partial charge in [0.2, 0.25) is 5.91 Å². The van der Waals surface area contributed by atoms with E-state index in [1.54, 1.807) is 0 Å². The monoisotopic (exact) mass is 229 g/mol. The van der Waals surface area contributed by atoms with Crippen molar-refractivity contribution < 1.29 is 4.79 Å². The fraction of sp³-hybridized carbons (Fsp3) is 0.800. The first-order chi connectivity index (χ1) is 7.04. The highest BCUT2D eigenvalue weighted by Crippen LogP contribution is 2.13. The quantitative estimate of drug-likeness (QED) is 0.682. The smallest absolute Gasteiger partial charge is 0.237 e. The lowest BCUT2D eigenvalue weighted by Crippen LogP contribution is -2.51. The van der Waals surface area contributed by atoms with Crippen molar-refractivity contribution in [3.05, 3.63) is 0 Å². The number of hydrogen-bond donors (Lipinski definition) is 2. The molecule has 0 spiro atoms. The second-order valence-electron chi connectivity index (χ2n) is 4.05. The molecule has 86 valence electrons. The summed E-state index contributed by atoms with van der Waals surface area (Å²) < 4.78 is 0. The summed E-state index contributed by atoms with van der Waals surface area (Å²) in [6.07, 6.45) is 3.00.